The third-order valence-corrected chi connectivity index (χ3v) is 2.24. The van der Waals surface area contributed by atoms with Crippen LogP contribution in [0.3, 0.4) is 0 Å². The molecule has 64 valence electrons. The average molecular weight is 160 g/mol. The van der Waals surface area contributed by atoms with Crippen molar-refractivity contribution < 1.29 is 13.9 Å². The second-order valence-electron chi connectivity index (χ2n) is 2.97. The van der Waals surface area contributed by atoms with E-state index in [1.807, 2.05) is 0 Å². The van der Waals surface area contributed by atoms with Crippen LogP contribution >= 0.6 is 0 Å². The van der Waals surface area contributed by atoms with Gasteiger partial charge >= 0.3 is 5.97 Å². The fraction of sp³-hybridized carbons (Fsp3) is 0.875. The molecule has 2 nitrogen and oxygen atoms in total. The Morgan fingerprint density at radius 3 is 2.55 bits per heavy atom. The predicted molar refractivity (Wildman–Crippen MR) is 38.9 cm³/mol. The predicted octanol–water partition coefficient (Wildman–Crippen LogP) is 1.69. The van der Waals surface area contributed by atoms with E-state index in [1.165, 1.54) is 7.11 Å². The van der Waals surface area contributed by atoms with Gasteiger partial charge in [0.25, 0.3) is 0 Å². The highest BCUT2D eigenvalue weighted by molar-refractivity contribution is 5.74. The van der Waals surface area contributed by atoms with Crippen molar-refractivity contribution in [3.05, 3.63) is 0 Å². The molecule has 0 bridgehead atoms. The monoisotopic (exact) mass is 160 g/mol. The van der Waals surface area contributed by atoms with Gasteiger partial charge in [-0.1, -0.05) is 12.8 Å². The topological polar surface area (TPSA) is 26.3 Å². The van der Waals surface area contributed by atoms with Crippen LogP contribution in [-0.4, -0.2) is 19.3 Å². The Bertz CT molecular complexity index is 141. The Morgan fingerprint density at radius 2 is 2.09 bits per heavy atom. The van der Waals surface area contributed by atoms with E-state index in [4.69, 9.17) is 0 Å². The zero-order valence-electron chi connectivity index (χ0n) is 6.68. The maximum absolute atomic E-state index is 13.0. The molecule has 1 saturated carbocycles. The molecular formula is C8H13FO2. The Labute approximate surface area is 65.7 Å². The van der Waals surface area contributed by atoms with Crippen molar-refractivity contribution in [1.29, 1.82) is 0 Å². The average Bonchev–Trinajstić information content (AvgIpc) is 2.53. The number of ether oxygens (including phenoxy) is 1. The molecule has 11 heavy (non-hydrogen) atoms. The lowest BCUT2D eigenvalue weighted by Crippen LogP contribution is -2.24. The van der Waals surface area contributed by atoms with Crippen LogP contribution in [0.5, 0.6) is 0 Å². The zero-order chi connectivity index (χ0) is 8.27. The molecule has 0 aromatic heterocycles. The number of carbonyl (C=O) groups is 1. The fourth-order valence-corrected chi connectivity index (χ4v) is 1.56. The maximum atomic E-state index is 13.0. The first-order valence-electron chi connectivity index (χ1n) is 3.97. The third kappa shape index (κ3) is 1.91. The minimum Gasteiger partial charge on any atom is -0.467 e. The molecule has 0 amide bonds. The van der Waals surface area contributed by atoms with E-state index in [9.17, 15) is 9.18 Å². The molecular weight excluding hydrogens is 147 g/mol. The van der Waals surface area contributed by atoms with Crippen LogP contribution in [0.1, 0.15) is 25.7 Å². The largest absolute Gasteiger partial charge is 0.467 e. The first-order valence-corrected chi connectivity index (χ1v) is 3.97. The normalized spacial score (nSPS) is 21.6. The highest BCUT2D eigenvalue weighted by atomic mass is 19.1. The number of esters is 1. The molecule has 0 radical (unpaired) electrons. The van der Waals surface area contributed by atoms with E-state index in [-0.39, 0.29) is 5.92 Å². The second-order valence-corrected chi connectivity index (χ2v) is 2.97. The number of halogens is 1. The standard InChI is InChI=1S/C8H13FO2/c1-11-8(10)7(9)6-4-2-3-5-6/h6-7H,2-5H2,1H3. The van der Waals surface area contributed by atoms with Gasteiger partial charge in [0.2, 0.25) is 0 Å². The molecule has 0 N–H and O–H groups in total. The highest BCUT2D eigenvalue weighted by Crippen LogP contribution is 2.29. The van der Waals surface area contributed by atoms with Crippen LogP contribution in [0.15, 0.2) is 0 Å². The molecule has 1 unspecified atom stereocenters. The summed E-state index contributed by atoms with van der Waals surface area (Å²) >= 11 is 0. The molecule has 0 heterocycles. The van der Waals surface area contributed by atoms with Gasteiger partial charge in [-0.3, -0.25) is 0 Å². The van der Waals surface area contributed by atoms with Gasteiger partial charge in [0.05, 0.1) is 7.11 Å². The van der Waals surface area contributed by atoms with Crippen molar-refractivity contribution in [3.8, 4) is 0 Å². The summed E-state index contributed by atoms with van der Waals surface area (Å²) in [4.78, 5) is 10.7. The van der Waals surface area contributed by atoms with Crippen molar-refractivity contribution in [2.24, 2.45) is 5.92 Å². The number of hydrogen-bond donors (Lipinski definition) is 0. The summed E-state index contributed by atoms with van der Waals surface area (Å²) in [5, 5.41) is 0. The number of methoxy groups -OCH3 is 1. The smallest absolute Gasteiger partial charge is 0.340 e. The van der Waals surface area contributed by atoms with E-state index in [1.54, 1.807) is 0 Å². The molecule has 0 aromatic carbocycles. The van der Waals surface area contributed by atoms with Gasteiger partial charge in [-0.05, 0) is 12.8 Å². The van der Waals surface area contributed by atoms with E-state index in [2.05, 4.69) is 4.74 Å². The lowest BCUT2D eigenvalue weighted by atomic mass is 10.0. The lowest BCUT2D eigenvalue weighted by Gasteiger charge is -2.11. The van der Waals surface area contributed by atoms with E-state index in [0.29, 0.717) is 0 Å². The van der Waals surface area contributed by atoms with Gasteiger partial charge in [0, 0.05) is 5.92 Å². The first-order chi connectivity index (χ1) is 5.25. The Balaban J connectivity index is 2.39. The second kappa shape index (κ2) is 3.69. The molecule has 1 fully saturated rings. The van der Waals surface area contributed by atoms with Gasteiger partial charge in [0.1, 0.15) is 0 Å². The number of carbonyl (C=O) groups excluding carboxylic acids is 1. The molecule has 0 spiro atoms. The van der Waals surface area contributed by atoms with Crippen molar-refractivity contribution in [1.82, 2.24) is 0 Å². The van der Waals surface area contributed by atoms with Crippen molar-refractivity contribution in [2.75, 3.05) is 7.11 Å². The number of alkyl halides is 1. The molecule has 0 aromatic rings. The maximum Gasteiger partial charge on any atom is 0.340 e. The van der Waals surface area contributed by atoms with Crippen LogP contribution in [0.4, 0.5) is 4.39 Å². The van der Waals surface area contributed by atoms with E-state index in [0.717, 1.165) is 25.7 Å². The van der Waals surface area contributed by atoms with Gasteiger partial charge in [-0.15, -0.1) is 0 Å². The summed E-state index contributed by atoms with van der Waals surface area (Å²) < 4.78 is 17.3. The molecule has 0 aliphatic heterocycles. The van der Waals surface area contributed by atoms with Crippen LogP contribution in [0.25, 0.3) is 0 Å². The molecule has 3 heteroatoms. The van der Waals surface area contributed by atoms with Gasteiger partial charge < -0.3 is 4.74 Å². The van der Waals surface area contributed by atoms with Crippen molar-refractivity contribution in [3.63, 3.8) is 0 Å². The molecule has 1 aliphatic carbocycles. The summed E-state index contributed by atoms with van der Waals surface area (Å²) in [5.74, 6) is -0.792. The minimum absolute atomic E-state index is 0.0811. The number of rotatable bonds is 2. The molecule has 1 aliphatic rings. The Kier molecular flexibility index (Phi) is 2.85. The summed E-state index contributed by atoms with van der Waals surface area (Å²) in [6, 6.07) is 0. The molecule has 1 atom stereocenters. The van der Waals surface area contributed by atoms with Crippen LogP contribution in [0.2, 0.25) is 0 Å². The van der Waals surface area contributed by atoms with Crippen LogP contribution < -0.4 is 0 Å². The van der Waals surface area contributed by atoms with Crippen molar-refractivity contribution in [2.45, 2.75) is 31.9 Å². The first kappa shape index (κ1) is 8.50. The summed E-state index contributed by atoms with van der Waals surface area (Å²) in [5.41, 5.74) is 0. The zero-order valence-corrected chi connectivity index (χ0v) is 6.68. The Morgan fingerprint density at radius 1 is 1.55 bits per heavy atom. The van der Waals surface area contributed by atoms with Crippen molar-refractivity contribution >= 4 is 5.97 Å². The Hall–Kier alpha value is -0.600. The van der Waals surface area contributed by atoms with Crippen LogP contribution in [0, 0.1) is 5.92 Å². The van der Waals surface area contributed by atoms with Gasteiger partial charge in [-0.2, -0.15) is 0 Å². The molecule has 0 saturated heterocycles. The SMILES string of the molecule is COC(=O)C(F)C1CCCC1. The summed E-state index contributed by atoms with van der Waals surface area (Å²) in [6.45, 7) is 0. The summed E-state index contributed by atoms with van der Waals surface area (Å²) in [7, 11) is 1.23. The van der Waals surface area contributed by atoms with Gasteiger partial charge in [-0.25, -0.2) is 9.18 Å². The highest BCUT2D eigenvalue weighted by Gasteiger charge is 2.30. The van der Waals surface area contributed by atoms with Gasteiger partial charge in [0.15, 0.2) is 6.17 Å². The minimum atomic E-state index is -1.39. The van der Waals surface area contributed by atoms with E-state index < -0.39 is 12.1 Å². The quantitative estimate of drug-likeness (QED) is 0.574. The fourth-order valence-electron chi connectivity index (χ4n) is 1.56. The summed E-state index contributed by atoms with van der Waals surface area (Å²) in [6.07, 6.45) is 2.36. The number of hydrogen-bond acceptors (Lipinski definition) is 2. The third-order valence-electron chi connectivity index (χ3n) is 2.24. The van der Waals surface area contributed by atoms with Crippen LogP contribution in [-0.2, 0) is 9.53 Å². The lowest BCUT2D eigenvalue weighted by molar-refractivity contribution is -0.148. The van der Waals surface area contributed by atoms with E-state index >= 15 is 0 Å². The molecule has 1 rings (SSSR count).